The van der Waals surface area contributed by atoms with Gasteiger partial charge >= 0.3 is 0 Å². The van der Waals surface area contributed by atoms with Crippen molar-refractivity contribution in [1.82, 2.24) is 9.71 Å². The molecule has 0 atom stereocenters. The number of sulfonamides is 1. The second-order valence-electron chi connectivity index (χ2n) is 5.43. The average Bonchev–Trinajstić information content (AvgIpc) is 3.16. The number of thiazole rings is 1. The Morgan fingerprint density at radius 2 is 1.96 bits per heavy atom. The van der Waals surface area contributed by atoms with Crippen LogP contribution in [0.4, 0.5) is 5.69 Å². The molecule has 0 spiro atoms. The van der Waals surface area contributed by atoms with Gasteiger partial charge in [0.2, 0.25) is 10.0 Å². The molecule has 0 amide bonds. The van der Waals surface area contributed by atoms with Gasteiger partial charge in [-0.25, -0.2) is 18.1 Å². The van der Waals surface area contributed by atoms with E-state index >= 15 is 0 Å². The number of benzene rings is 2. The lowest BCUT2D eigenvalue weighted by Gasteiger charge is -2.10. The van der Waals surface area contributed by atoms with Crippen molar-refractivity contribution in [2.45, 2.75) is 11.4 Å². The molecule has 1 aromatic heterocycles. The Morgan fingerprint density at radius 1 is 1.22 bits per heavy atom. The first-order valence-electron chi connectivity index (χ1n) is 7.72. The first kappa shape index (κ1) is 19.0. The second kappa shape index (κ2) is 7.82. The third-order valence-electron chi connectivity index (χ3n) is 3.66. The quantitative estimate of drug-likeness (QED) is 0.477. The van der Waals surface area contributed by atoms with E-state index in [9.17, 15) is 18.5 Å². The molecule has 0 saturated heterocycles. The molecule has 0 aliphatic heterocycles. The molecule has 0 bridgehead atoms. The van der Waals surface area contributed by atoms with Crippen LogP contribution in [-0.2, 0) is 16.6 Å². The van der Waals surface area contributed by atoms with Crippen molar-refractivity contribution in [3.63, 3.8) is 0 Å². The molecule has 27 heavy (non-hydrogen) atoms. The fourth-order valence-corrected chi connectivity index (χ4v) is 4.35. The van der Waals surface area contributed by atoms with E-state index in [1.165, 1.54) is 30.6 Å². The number of methoxy groups -OCH3 is 1. The van der Waals surface area contributed by atoms with E-state index in [1.54, 1.807) is 5.38 Å². The van der Waals surface area contributed by atoms with Gasteiger partial charge in [-0.2, -0.15) is 0 Å². The van der Waals surface area contributed by atoms with Crippen LogP contribution in [0.25, 0.3) is 10.6 Å². The van der Waals surface area contributed by atoms with Gasteiger partial charge in [0.15, 0.2) is 0 Å². The summed E-state index contributed by atoms with van der Waals surface area (Å²) >= 11 is 1.40. The van der Waals surface area contributed by atoms with Crippen molar-refractivity contribution in [3.05, 3.63) is 69.7 Å². The van der Waals surface area contributed by atoms with Crippen LogP contribution >= 0.6 is 11.3 Å². The lowest BCUT2D eigenvalue weighted by atomic mass is 10.2. The third-order valence-corrected chi connectivity index (χ3v) is 6.03. The molecule has 3 aromatic rings. The van der Waals surface area contributed by atoms with Gasteiger partial charge in [0.25, 0.3) is 5.69 Å². The maximum absolute atomic E-state index is 12.6. The average molecular weight is 405 g/mol. The van der Waals surface area contributed by atoms with Crippen LogP contribution in [0.15, 0.2) is 58.8 Å². The number of non-ortho nitro benzene ring substituents is 1. The summed E-state index contributed by atoms with van der Waals surface area (Å²) in [4.78, 5) is 14.4. The topological polar surface area (TPSA) is 111 Å². The van der Waals surface area contributed by atoms with Crippen LogP contribution in [0.3, 0.4) is 0 Å². The van der Waals surface area contributed by atoms with E-state index in [4.69, 9.17) is 4.74 Å². The van der Waals surface area contributed by atoms with Gasteiger partial charge in [-0.3, -0.25) is 10.1 Å². The summed E-state index contributed by atoms with van der Waals surface area (Å²) in [5, 5.41) is 13.5. The molecule has 2 aromatic carbocycles. The number of nitrogens with one attached hydrogen (secondary N) is 1. The highest BCUT2D eigenvalue weighted by Crippen LogP contribution is 2.28. The Balaban J connectivity index is 1.81. The SMILES string of the molecule is COc1ccc([N+](=O)[O-])cc1S(=O)(=O)NCc1csc(-c2ccccc2)n1. The van der Waals surface area contributed by atoms with Crippen LogP contribution in [-0.4, -0.2) is 25.4 Å². The molecular weight excluding hydrogens is 390 g/mol. The number of nitrogens with zero attached hydrogens (tertiary/aromatic N) is 2. The number of aromatic nitrogens is 1. The number of ether oxygens (including phenoxy) is 1. The molecule has 0 aliphatic carbocycles. The molecule has 0 unspecified atom stereocenters. The minimum Gasteiger partial charge on any atom is -0.495 e. The standard InChI is InChI=1S/C17H15N3O5S2/c1-25-15-8-7-14(20(21)22)9-16(15)27(23,24)18-10-13-11-26-17(19-13)12-5-3-2-4-6-12/h2-9,11,18H,10H2,1H3. The largest absolute Gasteiger partial charge is 0.495 e. The number of nitro groups is 1. The van der Waals surface area contributed by atoms with Gasteiger partial charge in [-0.15, -0.1) is 11.3 Å². The molecule has 1 N–H and O–H groups in total. The van der Waals surface area contributed by atoms with Gasteiger partial charge in [-0.1, -0.05) is 30.3 Å². The smallest absolute Gasteiger partial charge is 0.271 e. The number of hydrogen-bond donors (Lipinski definition) is 1. The second-order valence-corrected chi connectivity index (χ2v) is 8.02. The molecule has 10 heteroatoms. The molecule has 1 heterocycles. The van der Waals surface area contributed by atoms with Gasteiger partial charge in [-0.05, 0) is 6.07 Å². The summed E-state index contributed by atoms with van der Waals surface area (Å²) in [7, 11) is -2.73. The van der Waals surface area contributed by atoms with E-state index in [1.807, 2.05) is 30.3 Å². The summed E-state index contributed by atoms with van der Waals surface area (Å²) in [5.74, 6) is 0.0244. The van der Waals surface area contributed by atoms with Crippen molar-refractivity contribution in [2.75, 3.05) is 7.11 Å². The highest BCUT2D eigenvalue weighted by atomic mass is 32.2. The lowest BCUT2D eigenvalue weighted by Crippen LogP contribution is -2.24. The molecule has 3 rings (SSSR count). The van der Waals surface area contributed by atoms with Crippen LogP contribution in [0, 0.1) is 10.1 Å². The maximum atomic E-state index is 12.6. The summed E-state index contributed by atoms with van der Waals surface area (Å²) < 4.78 is 32.6. The van der Waals surface area contributed by atoms with Crippen molar-refractivity contribution in [3.8, 4) is 16.3 Å². The normalized spacial score (nSPS) is 11.3. The highest BCUT2D eigenvalue weighted by molar-refractivity contribution is 7.89. The molecule has 0 radical (unpaired) electrons. The van der Waals surface area contributed by atoms with Crippen molar-refractivity contribution in [2.24, 2.45) is 0 Å². The van der Waals surface area contributed by atoms with Crippen LogP contribution < -0.4 is 9.46 Å². The van der Waals surface area contributed by atoms with E-state index < -0.39 is 14.9 Å². The zero-order valence-electron chi connectivity index (χ0n) is 14.2. The Bertz CT molecular complexity index is 1070. The molecule has 0 aliphatic rings. The zero-order chi connectivity index (χ0) is 19.4. The molecule has 8 nitrogen and oxygen atoms in total. The van der Waals surface area contributed by atoms with E-state index in [0.717, 1.165) is 16.6 Å². The van der Waals surface area contributed by atoms with Gasteiger partial charge in [0.05, 0.1) is 24.3 Å². The molecular formula is C17H15N3O5S2. The molecule has 140 valence electrons. The van der Waals surface area contributed by atoms with E-state index in [0.29, 0.717) is 5.69 Å². The fourth-order valence-electron chi connectivity index (χ4n) is 2.34. The Hall–Kier alpha value is -2.82. The van der Waals surface area contributed by atoms with Crippen molar-refractivity contribution in [1.29, 1.82) is 0 Å². The van der Waals surface area contributed by atoms with Crippen molar-refractivity contribution < 1.29 is 18.1 Å². The van der Waals surface area contributed by atoms with Crippen LogP contribution in [0.2, 0.25) is 0 Å². The number of hydrogen-bond acceptors (Lipinski definition) is 7. The monoisotopic (exact) mass is 405 g/mol. The first-order valence-corrected chi connectivity index (χ1v) is 10.1. The Kier molecular flexibility index (Phi) is 5.49. The fraction of sp³-hybridized carbons (Fsp3) is 0.118. The minimum atomic E-state index is -4.03. The first-order chi connectivity index (χ1) is 12.9. The van der Waals surface area contributed by atoms with Crippen LogP contribution in [0.5, 0.6) is 5.75 Å². The van der Waals surface area contributed by atoms with E-state index in [2.05, 4.69) is 9.71 Å². The highest BCUT2D eigenvalue weighted by Gasteiger charge is 2.23. The summed E-state index contributed by atoms with van der Waals surface area (Å²) in [6, 6.07) is 12.9. The minimum absolute atomic E-state index is 0.0244. The zero-order valence-corrected chi connectivity index (χ0v) is 15.8. The Morgan fingerprint density at radius 3 is 2.63 bits per heavy atom. The Labute approximate surface area is 159 Å². The molecule has 0 saturated carbocycles. The predicted octanol–water partition coefficient (Wildman–Crippen LogP) is 3.21. The van der Waals surface area contributed by atoms with E-state index in [-0.39, 0.29) is 22.9 Å². The summed E-state index contributed by atoms with van der Waals surface area (Å²) in [6.45, 7) is -0.0441. The van der Waals surface area contributed by atoms with Gasteiger partial charge in [0.1, 0.15) is 15.7 Å². The maximum Gasteiger partial charge on any atom is 0.271 e. The van der Waals surface area contributed by atoms with Gasteiger partial charge in [0, 0.05) is 23.1 Å². The number of rotatable bonds is 7. The summed E-state index contributed by atoms with van der Waals surface area (Å²) in [5.41, 5.74) is 1.15. The molecule has 0 fully saturated rings. The van der Waals surface area contributed by atoms with Crippen molar-refractivity contribution >= 4 is 27.0 Å². The van der Waals surface area contributed by atoms with Crippen LogP contribution in [0.1, 0.15) is 5.69 Å². The summed E-state index contributed by atoms with van der Waals surface area (Å²) in [6.07, 6.45) is 0. The number of nitro benzene ring substituents is 1. The predicted molar refractivity (Wildman–Crippen MR) is 101 cm³/mol. The third kappa shape index (κ3) is 4.30. The van der Waals surface area contributed by atoms with Gasteiger partial charge < -0.3 is 4.74 Å². The lowest BCUT2D eigenvalue weighted by molar-refractivity contribution is -0.385.